The molecule has 0 radical (unpaired) electrons. The van der Waals surface area contributed by atoms with Crippen molar-refractivity contribution < 1.29 is 4.39 Å². The Morgan fingerprint density at radius 2 is 1.54 bits per heavy atom. The van der Waals surface area contributed by atoms with Crippen LogP contribution in [0.15, 0.2) is 66.7 Å². The highest BCUT2D eigenvalue weighted by Crippen LogP contribution is 2.24. The van der Waals surface area contributed by atoms with E-state index in [0.717, 1.165) is 42.4 Å². The van der Waals surface area contributed by atoms with Crippen molar-refractivity contribution in [3.63, 3.8) is 0 Å². The van der Waals surface area contributed by atoms with Crippen LogP contribution in [-0.2, 0) is 0 Å². The smallest absolute Gasteiger partial charge is 0.173 e. The van der Waals surface area contributed by atoms with Gasteiger partial charge in [0.2, 0.25) is 0 Å². The van der Waals surface area contributed by atoms with Crippen molar-refractivity contribution in [3.8, 4) is 0 Å². The third kappa shape index (κ3) is 3.35. The molecular formula is C21H20FN3S. The van der Waals surface area contributed by atoms with Gasteiger partial charge in [0.1, 0.15) is 5.82 Å². The van der Waals surface area contributed by atoms with E-state index in [4.69, 9.17) is 12.2 Å². The van der Waals surface area contributed by atoms with Crippen LogP contribution in [0.2, 0.25) is 0 Å². The summed E-state index contributed by atoms with van der Waals surface area (Å²) >= 11 is 5.62. The van der Waals surface area contributed by atoms with Gasteiger partial charge < -0.3 is 15.1 Å². The highest BCUT2D eigenvalue weighted by atomic mass is 32.1. The predicted molar refractivity (Wildman–Crippen MR) is 110 cm³/mol. The first kappa shape index (κ1) is 16.8. The van der Waals surface area contributed by atoms with Crippen molar-refractivity contribution in [1.29, 1.82) is 0 Å². The maximum atomic E-state index is 14.0. The third-order valence-electron chi connectivity index (χ3n) is 4.79. The van der Waals surface area contributed by atoms with E-state index in [-0.39, 0.29) is 5.82 Å². The molecule has 0 saturated carbocycles. The van der Waals surface area contributed by atoms with Crippen molar-refractivity contribution in [1.82, 2.24) is 4.90 Å². The van der Waals surface area contributed by atoms with Crippen LogP contribution in [0.4, 0.5) is 15.8 Å². The number of thiocarbonyl (C=S) groups is 1. The summed E-state index contributed by atoms with van der Waals surface area (Å²) in [6, 6.07) is 21.4. The summed E-state index contributed by atoms with van der Waals surface area (Å²) < 4.78 is 14.0. The molecule has 0 unspecified atom stereocenters. The minimum atomic E-state index is -0.169. The lowest BCUT2D eigenvalue weighted by Gasteiger charge is -2.37. The molecule has 1 fully saturated rings. The minimum Gasteiger partial charge on any atom is -0.366 e. The zero-order valence-corrected chi connectivity index (χ0v) is 15.2. The number of fused-ring (bicyclic) bond motifs is 1. The van der Waals surface area contributed by atoms with Gasteiger partial charge >= 0.3 is 0 Å². The maximum Gasteiger partial charge on any atom is 0.173 e. The third-order valence-corrected chi connectivity index (χ3v) is 5.15. The van der Waals surface area contributed by atoms with Gasteiger partial charge in [0, 0.05) is 37.3 Å². The molecule has 26 heavy (non-hydrogen) atoms. The van der Waals surface area contributed by atoms with Crippen LogP contribution >= 0.6 is 12.2 Å². The molecule has 3 nitrogen and oxygen atoms in total. The summed E-state index contributed by atoms with van der Waals surface area (Å²) in [7, 11) is 0. The second-order valence-corrected chi connectivity index (χ2v) is 6.77. The van der Waals surface area contributed by atoms with E-state index >= 15 is 0 Å². The molecule has 0 aromatic heterocycles. The second kappa shape index (κ2) is 7.30. The van der Waals surface area contributed by atoms with Gasteiger partial charge in [0.05, 0.1) is 5.69 Å². The van der Waals surface area contributed by atoms with Gasteiger partial charge in [-0.2, -0.15) is 0 Å². The lowest BCUT2D eigenvalue weighted by atomic mass is 10.1. The summed E-state index contributed by atoms with van der Waals surface area (Å²) in [5.41, 5.74) is 1.68. The van der Waals surface area contributed by atoms with Gasteiger partial charge in [0.25, 0.3) is 0 Å². The monoisotopic (exact) mass is 365 g/mol. The van der Waals surface area contributed by atoms with Crippen LogP contribution < -0.4 is 10.2 Å². The van der Waals surface area contributed by atoms with Crippen LogP contribution in [-0.4, -0.2) is 36.2 Å². The van der Waals surface area contributed by atoms with Crippen molar-refractivity contribution >= 4 is 39.5 Å². The average molecular weight is 365 g/mol. The zero-order valence-electron chi connectivity index (χ0n) is 14.4. The molecule has 0 bridgehead atoms. The van der Waals surface area contributed by atoms with E-state index in [1.807, 2.05) is 36.4 Å². The molecule has 1 aliphatic rings. The number of rotatable bonds is 2. The first-order valence-corrected chi connectivity index (χ1v) is 9.16. The van der Waals surface area contributed by atoms with Crippen molar-refractivity contribution in [2.24, 2.45) is 0 Å². The Balaban J connectivity index is 1.43. The summed E-state index contributed by atoms with van der Waals surface area (Å²) in [5, 5.41) is 6.44. The number of hydrogen-bond donors (Lipinski definition) is 1. The lowest BCUT2D eigenvalue weighted by molar-refractivity contribution is 0.388. The molecule has 3 aromatic carbocycles. The summed E-state index contributed by atoms with van der Waals surface area (Å²) in [4.78, 5) is 4.22. The number of nitrogens with zero attached hydrogens (tertiary/aromatic N) is 2. The Kier molecular flexibility index (Phi) is 4.71. The van der Waals surface area contributed by atoms with Gasteiger partial charge in [0.15, 0.2) is 5.11 Å². The Hall–Kier alpha value is -2.66. The van der Waals surface area contributed by atoms with E-state index in [9.17, 15) is 4.39 Å². The molecule has 1 saturated heterocycles. The number of anilines is 2. The van der Waals surface area contributed by atoms with Gasteiger partial charge in [-0.25, -0.2) is 4.39 Å². The normalized spacial score (nSPS) is 14.5. The summed E-state index contributed by atoms with van der Waals surface area (Å²) in [5.74, 6) is -0.169. The highest BCUT2D eigenvalue weighted by molar-refractivity contribution is 7.80. The van der Waals surface area contributed by atoms with Crippen LogP contribution in [0, 0.1) is 5.82 Å². The molecule has 5 heteroatoms. The Bertz CT molecular complexity index is 930. The molecule has 1 aliphatic heterocycles. The molecule has 0 amide bonds. The molecule has 0 spiro atoms. The quantitative estimate of drug-likeness (QED) is 0.674. The van der Waals surface area contributed by atoms with Crippen molar-refractivity contribution in [2.75, 3.05) is 36.4 Å². The fraction of sp³-hybridized carbons (Fsp3) is 0.190. The minimum absolute atomic E-state index is 0.169. The second-order valence-electron chi connectivity index (χ2n) is 6.38. The largest absolute Gasteiger partial charge is 0.366 e. The van der Waals surface area contributed by atoms with Gasteiger partial charge in [-0.3, -0.25) is 0 Å². The Morgan fingerprint density at radius 3 is 2.35 bits per heavy atom. The number of halogens is 1. The standard InChI is InChI=1S/C21H20FN3S/c22-18-9-3-4-11-20(18)24-12-14-25(15-13-24)21(26)23-19-10-5-7-16-6-1-2-8-17(16)19/h1-11H,12-15H2,(H,23,26). The van der Waals surface area contributed by atoms with E-state index in [1.54, 1.807) is 6.07 Å². The zero-order chi connectivity index (χ0) is 17.9. The van der Waals surface area contributed by atoms with Gasteiger partial charge in [-0.1, -0.05) is 48.5 Å². The molecule has 0 atom stereocenters. The first-order valence-electron chi connectivity index (χ1n) is 8.75. The molecule has 3 aromatic rings. The van der Waals surface area contributed by atoms with Crippen LogP contribution in [0.1, 0.15) is 0 Å². The molecule has 4 rings (SSSR count). The van der Waals surface area contributed by atoms with E-state index in [2.05, 4.69) is 33.3 Å². The number of para-hydroxylation sites is 1. The van der Waals surface area contributed by atoms with Crippen molar-refractivity contribution in [3.05, 3.63) is 72.5 Å². The Morgan fingerprint density at radius 1 is 0.846 bits per heavy atom. The van der Waals surface area contributed by atoms with Crippen molar-refractivity contribution in [2.45, 2.75) is 0 Å². The Labute approximate surface area is 158 Å². The molecule has 1 heterocycles. The van der Waals surface area contributed by atoms with E-state index in [0.29, 0.717) is 5.69 Å². The summed E-state index contributed by atoms with van der Waals surface area (Å²) in [6.07, 6.45) is 0. The van der Waals surface area contributed by atoms with Crippen LogP contribution in [0.25, 0.3) is 10.8 Å². The molecule has 0 aliphatic carbocycles. The average Bonchev–Trinajstić information content (AvgIpc) is 2.69. The fourth-order valence-electron chi connectivity index (χ4n) is 3.39. The number of benzene rings is 3. The maximum absolute atomic E-state index is 14.0. The molecule has 1 N–H and O–H groups in total. The fourth-order valence-corrected chi connectivity index (χ4v) is 3.68. The van der Waals surface area contributed by atoms with E-state index < -0.39 is 0 Å². The number of piperazine rings is 1. The molecular weight excluding hydrogens is 345 g/mol. The first-order chi connectivity index (χ1) is 12.7. The SMILES string of the molecule is Fc1ccccc1N1CCN(C(=S)Nc2cccc3ccccc23)CC1. The van der Waals surface area contributed by atoms with Gasteiger partial charge in [-0.05, 0) is 35.8 Å². The number of nitrogens with one attached hydrogen (secondary N) is 1. The topological polar surface area (TPSA) is 18.5 Å². The number of hydrogen-bond acceptors (Lipinski definition) is 2. The predicted octanol–water partition coefficient (Wildman–Crippen LogP) is 4.50. The highest BCUT2D eigenvalue weighted by Gasteiger charge is 2.21. The van der Waals surface area contributed by atoms with Crippen LogP contribution in [0.5, 0.6) is 0 Å². The van der Waals surface area contributed by atoms with E-state index in [1.165, 1.54) is 11.5 Å². The lowest BCUT2D eigenvalue weighted by Crippen LogP contribution is -2.50. The van der Waals surface area contributed by atoms with Crippen LogP contribution in [0.3, 0.4) is 0 Å². The van der Waals surface area contributed by atoms with Gasteiger partial charge in [-0.15, -0.1) is 0 Å². The molecule has 132 valence electrons. The summed E-state index contributed by atoms with van der Waals surface area (Å²) in [6.45, 7) is 3.03.